The predicted molar refractivity (Wildman–Crippen MR) is 90.1 cm³/mol. The smallest absolute Gasteiger partial charge is 0.266 e. The zero-order valence-corrected chi connectivity index (χ0v) is 13.4. The van der Waals surface area contributed by atoms with Gasteiger partial charge >= 0.3 is 0 Å². The maximum absolute atomic E-state index is 12.1. The van der Waals surface area contributed by atoms with Gasteiger partial charge in [-0.2, -0.15) is 5.26 Å². The first-order valence-corrected chi connectivity index (χ1v) is 7.27. The van der Waals surface area contributed by atoms with Gasteiger partial charge in [0, 0.05) is 10.7 Å². The number of anilines is 1. The van der Waals surface area contributed by atoms with Crippen molar-refractivity contribution in [2.24, 2.45) is 0 Å². The molecule has 0 aliphatic heterocycles. The second kappa shape index (κ2) is 7.33. The van der Waals surface area contributed by atoms with Crippen LogP contribution in [-0.2, 0) is 4.79 Å². The van der Waals surface area contributed by atoms with Crippen molar-refractivity contribution in [2.45, 2.75) is 0 Å². The van der Waals surface area contributed by atoms with Crippen LogP contribution in [0.25, 0.3) is 6.08 Å². The molecular formula is C16H9Cl3N2O. The molecule has 0 fully saturated rings. The van der Waals surface area contributed by atoms with E-state index in [0.29, 0.717) is 26.3 Å². The largest absolute Gasteiger partial charge is 0.321 e. The van der Waals surface area contributed by atoms with Crippen LogP contribution in [0.2, 0.25) is 15.1 Å². The van der Waals surface area contributed by atoms with Crippen LogP contribution in [0.4, 0.5) is 5.69 Å². The van der Waals surface area contributed by atoms with Crippen LogP contribution >= 0.6 is 34.8 Å². The van der Waals surface area contributed by atoms with E-state index in [1.807, 2.05) is 6.07 Å². The van der Waals surface area contributed by atoms with Crippen molar-refractivity contribution >= 4 is 52.5 Å². The summed E-state index contributed by atoms with van der Waals surface area (Å²) < 4.78 is 0. The Morgan fingerprint density at radius 3 is 2.32 bits per heavy atom. The number of nitrogens with zero attached hydrogens (tertiary/aromatic N) is 1. The molecular weight excluding hydrogens is 343 g/mol. The lowest BCUT2D eigenvalue weighted by Crippen LogP contribution is -2.13. The average molecular weight is 352 g/mol. The van der Waals surface area contributed by atoms with E-state index in [0.717, 1.165) is 0 Å². The number of hydrogen-bond donors (Lipinski definition) is 1. The minimum absolute atomic E-state index is 0.0339. The molecule has 1 N–H and O–H groups in total. The van der Waals surface area contributed by atoms with Crippen LogP contribution in [0.5, 0.6) is 0 Å². The molecule has 0 aliphatic rings. The van der Waals surface area contributed by atoms with E-state index in [2.05, 4.69) is 5.32 Å². The zero-order valence-electron chi connectivity index (χ0n) is 11.1. The SMILES string of the molecule is N#C/C(=C/c1ccc(Cl)cc1)C(=O)Nc1ccc(Cl)c(Cl)c1. The number of rotatable bonds is 3. The molecule has 0 heterocycles. The van der Waals surface area contributed by atoms with E-state index in [1.54, 1.807) is 36.4 Å². The number of halogens is 3. The highest BCUT2D eigenvalue weighted by atomic mass is 35.5. The molecule has 0 saturated carbocycles. The highest BCUT2D eigenvalue weighted by Gasteiger charge is 2.10. The lowest BCUT2D eigenvalue weighted by atomic mass is 10.1. The van der Waals surface area contributed by atoms with Gasteiger partial charge in [0.25, 0.3) is 5.91 Å². The Morgan fingerprint density at radius 1 is 1.05 bits per heavy atom. The van der Waals surface area contributed by atoms with Crippen LogP contribution in [0, 0.1) is 11.3 Å². The van der Waals surface area contributed by atoms with Crippen molar-refractivity contribution in [3.63, 3.8) is 0 Å². The molecule has 6 heteroatoms. The van der Waals surface area contributed by atoms with E-state index in [1.165, 1.54) is 12.1 Å². The van der Waals surface area contributed by atoms with E-state index >= 15 is 0 Å². The molecule has 0 atom stereocenters. The van der Waals surface area contributed by atoms with Gasteiger partial charge in [0.05, 0.1) is 10.0 Å². The van der Waals surface area contributed by atoms with Crippen molar-refractivity contribution in [3.8, 4) is 6.07 Å². The van der Waals surface area contributed by atoms with Gasteiger partial charge in [-0.25, -0.2) is 0 Å². The number of nitrogens with one attached hydrogen (secondary N) is 1. The minimum atomic E-state index is -0.532. The normalized spacial score (nSPS) is 10.9. The lowest BCUT2D eigenvalue weighted by molar-refractivity contribution is -0.112. The molecule has 0 aliphatic carbocycles. The van der Waals surface area contributed by atoms with Crippen LogP contribution in [0.1, 0.15) is 5.56 Å². The molecule has 0 spiro atoms. The molecule has 22 heavy (non-hydrogen) atoms. The maximum Gasteiger partial charge on any atom is 0.266 e. The molecule has 2 aromatic rings. The van der Waals surface area contributed by atoms with Gasteiger partial charge in [-0.05, 0) is 42.0 Å². The predicted octanol–water partition coefficient (Wildman–Crippen LogP) is 5.19. The second-order valence-corrected chi connectivity index (χ2v) is 5.56. The Kier molecular flexibility index (Phi) is 5.46. The van der Waals surface area contributed by atoms with Crippen LogP contribution < -0.4 is 5.32 Å². The van der Waals surface area contributed by atoms with Crippen molar-refractivity contribution in [3.05, 3.63) is 68.7 Å². The topological polar surface area (TPSA) is 52.9 Å². The molecule has 2 aromatic carbocycles. The van der Waals surface area contributed by atoms with Crippen molar-refractivity contribution in [2.75, 3.05) is 5.32 Å². The summed E-state index contributed by atoms with van der Waals surface area (Å²) in [7, 11) is 0. The van der Waals surface area contributed by atoms with E-state index in [9.17, 15) is 4.79 Å². The van der Waals surface area contributed by atoms with Crippen molar-refractivity contribution in [1.82, 2.24) is 0 Å². The fourth-order valence-electron chi connectivity index (χ4n) is 1.65. The third-order valence-corrected chi connectivity index (χ3v) is 3.71. The number of benzene rings is 2. The van der Waals surface area contributed by atoms with Gasteiger partial charge < -0.3 is 5.32 Å². The van der Waals surface area contributed by atoms with E-state index in [-0.39, 0.29) is 5.57 Å². The average Bonchev–Trinajstić information content (AvgIpc) is 2.50. The molecule has 3 nitrogen and oxygen atoms in total. The number of carbonyl (C=O) groups excluding carboxylic acids is 1. The summed E-state index contributed by atoms with van der Waals surface area (Å²) in [6.45, 7) is 0. The standard InChI is InChI=1S/C16H9Cl3N2O/c17-12-3-1-10(2-4-12)7-11(9-20)16(22)21-13-5-6-14(18)15(19)8-13/h1-8H,(H,21,22)/b11-7-. The zero-order chi connectivity index (χ0) is 16.1. The van der Waals surface area contributed by atoms with Gasteiger partial charge in [-0.1, -0.05) is 46.9 Å². The Balaban J connectivity index is 2.20. The molecule has 0 bridgehead atoms. The summed E-state index contributed by atoms with van der Waals surface area (Å²) in [6.07, 6.45) is 1.48. The maximum atomic E-state index is 12.1. The lowest BCUT2D eigenvalue weighted by Gasteiger charge is -2.05. The van der Waals surface area contributed by atoms with Crippen LogP contribution in [-0.4, -0.2) is 5.91 Å². The first-order valence-electron chi connectivity index (χ1n) is 6.13. The highest BCUT2D eigenvalue weighted by Crippen LogP contribution is 2.25. The Morgan fingerprint density at radius 2 is 1.73 bits per heavy atom. The third-order valence-electron chi connectivity index (χ3n) is 2.72. The summed E-state index contributed by atoms with van der Waals surface area (Å²) in [5, 5.41) is 13.0. The summed E-state index contributed by atoms with van der Waals surface area (Å²) in [4.78, 5) is 12.1. The Labute approximate surface area is 142 Å². The number of carbonyl (C=O) groups is 1. The monoisotopic (exact) mass is 350 g/mol. The molecule has 110 valence electrons. The minimum Gasteiger partial charge on any atom is -0.321 e. The molecule has 0 unspecified atom stereocenters. The fourth-order valence-corrected chi connectivity index (χ4v) is 2.07. The fraction of sp³-hybridized carbons (Fsp3) is 0. The van der Waals surface area contributed by atoms with Gasteiger partial charge in [0.2, 0.25) is 0 Å². The summed E-state index contributed by atoms with van der Waals surface area (Å²) >= 11 is 17.5. The van der Waals surface area contributed by atoms with Crippen LogP contribution in [0.15, 0.2) is 48.0 Å². The molecule has 2 rings (SSSR count). The Hall–Kier alpha value is -1.99. The molecule has 0 radical (unpaired) electrons. The van der Waals surface area contributed by atoms with Gasteiger partial charge in [-0.3, -0.25) is 4.79 Å². The van der Waals surface area contributed by atoms with E-state index in [4.69, 9.17) is 40.1 Å². The van der Waals surface area contributed by atoms with Crippen molar-refractivity contribution in [1.29, 1.82) is 5.26 Å². The quantitative estimate of drug-likeness (QED) is 0.611. The van der Waals surface area contributed by atoms with Gasteiger partial charge in [-0.15, -0.1) is 0 Å². The van der Waals surface area contributed by atoms with E-state index < -0.39 is 5.91 Å². The van der Waals surface area contributed by atoms with Crippen molar-refractivity contribution < 1.29 is 4.79 Å². The van der Waals surface area contributed by atoms with Gasteiger partial charge in [0.15, 0.2) is 0 Å². The Bertz CT molecular complexity index is 777. The number of hydrogen-bond acceptors (Lipinski definition) is 2. The first kappa shape index (κ1) is 16.4. The third kappa shape index (κ3) is 4.25. The molecule has 0 saturated heterocycles. The second-order valence-electron chi connectivity index (χ2n) is 4.30. The summed E-state index contributed by atoms with van der Waals surface area (Å²) in [6, 6.07) is 13.3. The number of nitriles is 1. The highest BCUT2D eigenvalue weighted by molar-refractivity contribution is 6.42. The number of amides is 1. The molecule has 1 amide bonds. The summed E-state index contributed by atoms with van der Waals surface area (Å²) in [5.74, 6) is -0.532. The molecule has 0 aromatic heterocycles. The first-order chi connectivity index (χ1) is 10.5. The van der Waals surface area contributed by atoms with Gasteiger partial charge in [0.1, 0.15) is 11.6 Å². The van der Waals surface area contributed by atoms with Crippen LogP contribution in [0.3, 0.4) is 0 Å². The summed E-state index contributed by atoms with van der Waals surface area (Å²) in [5.41, 5.74) is 1.12.